The number of anilines is 1. The van der Waals surface area contributed by atoms with Crippen LogP contribution in [0.1, 0.15) is 94.9 Å². The molecule has 3 N–H and O–H groups in total. The van der Waals surface area contributed by atoms with Crippen molar-refractivity contribution in [3.8, 4) is 33.1 Å². The number of ether oxygens (including phenoxy) is 1. The number of fused-ring (bicyclic) bond motifs is 1. The molecule has 4 atom stereocenters. The molecule has 0 unspecified atom stereocenters. The summed E-state index contributed by atoms with van der Waals surface area (Å²) in [4.78, 5) is 92.5. The number of β-amino-alcohol motifs (C(OH)–C–C–N with tert-alkyl or cyclic N) is 1. The summed E-state index contributed by atoms with van der Waals surface area (Å²) in [5, 5.41) is 25.1. The zero-order chi connectivity index (χ0) is 58.7. The summed E-state index contributed by atoms with van der Waals surface area (Å²) in [5.41, 5.74) is 4.41. The minimum Gasteiger partial charge on any atom is -0.486 e. The van der Waals surface area contributed by atoms with Crippen LogP contribution >= 0.6 is 11.3 Å². The molecule has 0 spiro atoms. The quantitative estimate of drug-likeness (QED) is 0.0737. The van der Waals surface area contributed by atoms with Crippen LogP contribution in [-0.2, 0) is 38.9 Å². The number of carbonyl (C=O) groups is 4. The molecule has 7 aromatic rings. The van der Waals surface area contributed by atoms with Crippen LogP contribution < -0.4 is 26.0 Å². The zero-order valence-corrected chi connectivity index (χ0v) is 48.0. The number of aliphatic hydroxyl groups excluding tert-OH is 1. The van der Waals surface area contributed by atoms with Crippen LogP contribution in [0.25, 0.3) is 38.4 Å². The molecule has 23 heteroatoms. The molecule has 2 aromatic carbocycles. The SMILES string of the molecule is C=CC(=O)N1CCN(c2nc(=O)n(-c3c(C)ccnc3C(C)C)c3nc(-c4c(F)cccc4OCc4cn(CCCC(=O)N[C@H](C(=O)N5C[C@H](O)C[C@H]5C(=O)NCc5ccc(-c6scnc6C)cc5)C(C)(C)C)nn4)c(F)cc23)[C@@H](C)C1. The van der Waals surface area contributed by atoms with Crippen LogP contribution in [0.3, 0.4) is 0 Å². The average molecular weight is 1140 g/mol. The predicted octanol–water partition coefficient (Wildman–Crippen LogP) is 6.97. The number of aryl methyl sites for hydroxylation is 3. The summed E-state index contributed by atoms with van der Waals surface area (Å²) in [5.74, 6) is -3.36. The van der Waals surface area contributed by atoms with Crippen LogP contribution in [0.5, 0.6) is 5.75 Å². The molecule has 2 aliphatic heterocycles. The summed E-state index contributed by atoms with van der Waals surface area (Å²) >= 11 is 1.55. The van der Waals surface area contributed by atoms with Gasteiger partial charge in [0.25, 0.3) is 0 Å². The van der Waals surface area contributed by atoms with Gasteiger partial charge in [0, 0.05) is 64.3 Å². The van der Waals surface area contributed by atoms with Gasteiger partial charge in [-0.15, -0.1) is 16.4 Å². The van der Waals surface area contributed by atoms with Crippen molar-refractivity contribution in [2.75, 3.05) is 31.1 Å². The number of pyridine rings is 2. The van der Waals surface area contributed by atoms with E-state index in [0.29, 0.717) is 35.6 Å². The Balaban J connectivity index is 0.871. The minimum atomic E-state index is -1.01. The number of piperazine rings is 1. The van der Waals surface area contributed by atoms with E-state index in [1.165, 1.54) is 38.4 Å². The lowest BCUT2D eigenvalue weighted by atomic mass is 9.85. The number of rotatable bonds is 18. The third kappa shape index (κ3) is 12.4. The molecule has 9 rings (SSSR count). The van der Waals surface area contributed by atoms with E-state index >= 15 is 8.78 Å². The first kappa shape index (κ1) is 58.3. The number of halogens is 2. The number of hydrogen-bond donors (Lipinski definition) is 3. The van der Waals surface area contributed by atoms with Gasteiger partial charge in [0.15, 0.2) is 11.5 Å². The standard InChI is InChI=1S/C59H67F2N13O7S/c1-10-47(77)70-23-24-72(35(5)28-70)54-41-26-43(61)50(66-55(41)74(58(80)67-54)51-34(4)20-21-62-49(51)33(2)3)48-42(60)13-11-14-45(48)81-31-39-29-71(69-68-39)22-12-15-46(76)65-53(59(7,8)9)57(79)73-30-40(75)25-44(73)56(78)63-27-37-16-18-38(19-17-37)52-36(6)64-32-82-52/h10-11,13-14,16-21,26,29,32-33,35,40,44,53,75H,1,12,15,22-25,27-28,30-31H2,2-9H3,(H,63,78)(H,65,76)/t35-,40+,44-,53+/m0/s1. The number of thiazole rings is 1. The van der Waals surface area contributed by atoms with Crippen molar-refractivity contribution in [3.05, 3.63) is 135 Å². The summed E-state index contributed by atoms with van der Waals surface area (Å²) in [6.45, 7) is 19.6. The normalized spacial score (nSPS) is 16.9. The Morgan fingerprint density at radius 3 is 2.46 bits per heavy atom. The van der Waals surface area contributed by atoms with Gasteiger partial charge in [-0.25, -0.2) is 28.1 Å². The van der Waals surface area contributed by atoms with Crippen molar-refractivity contribution in [1.82, 2.24) is 59.9 Å². The Hall–Kier alpha value is -8.31. The highest BCUT2D eigenvalue weighted by Crippen LogP contribution is 2.38. The molecule has 20 nitrogen and oxygen atoms in total. The van der Waals surface area contributed by atoms with E-state index in [2.05, 4.69) is 42.5 Å². The fourth-order valence-electron chi connectivity index (χ4n) is 10.5. The molecule has 4 amide bonds. The topological polar surface area (TPSA) is 236 Å². The maximum atomic E-state index is 16.9. The molecule has 0 bridgehead atoms. The van der Waals surface area contributed by atoms with E-state index < -0.39 is 64.3 Å². The lowest BCUT2D eigenvalue weighted by Gasteiger charge is -2.40. The van der Waals surface area contributed by atoms with Crippen molar-refractivity contribution >= 4 is 51.8 Å². The lowest BCUT2D eigenvalue weighted by Crippen LogP contribution is -2.57. The van der Waals surface area contributed by atoms with Gasteiger partial charge in [-0.05, 0) is 85.6 Å². The number of aliphatic hydroxyl groups is 1. The maximum Gasteiger partial charge on any atom is 0.355 e. The third-order valence-electron chi connectivity index (χ3n) is 14.8. The van der Waals surface area contributed by atoms with E-state index in [4.69, 9.17) is 9.72 Å². The highest BCUT2D eigenvalue weighted by atomic mass is 32.1. The van der Waals surface area contributed by atoms with Crippen molar-refractivity contribution < 1.29 is 37.8 Å². The molecule has 430 valence electrons. The fourth-order valence-corrected chi connectivity index (χ4v) is 11.3. The Labute approximate surface area is 477 Å². The van der Waals surface area contributed by atoms with Gasteiger partial charge in [-0.3, -0.25) is 28.8 Å². The minimum absolute atomic E-state index is 0.00421. The number of aromatic nitrogens is 8. The molecule has 5 aromatic heterocycles. The second kappa shape index (κ2) is 24.4. The molecule has 2 saturated heterocycles. The summed E-state index contributed by atoms with van der Waals surface area (Å²) in [7, 11) is 0. The second-order valence-corrected chi connectivity index (χ2v) is 23.1. The number of amides is 4. The zero-order valence-electron chi connectivity index (χ0n) is 47.2. The van der Waals surface area contributed by atoms with Crippen molar-refractivity contribution in [1.29, 1.82) is 0 Å². The van der Waals surface area contributed by atoms with Gasteiger partial charge in [0.1, 0.15) is 47.5 Å². The average Bonchev–Trinajstić information content (AvgIpc) is 2.11. The Morgan fingerprint density at radius 2 is 1.77 bits per heavy atom. The van der Waals surface area contributed by atoms with Gasteiger partial charge in [-0.1, -0.05) is 76.7 Å². The number of nitrogens with zero attached hydrogens (tertiary/aromatic N) is 11. The first-order valence-electron chi connectivity index (χ1n) is 27.2. The summed E-state index contributed by atoms with van der Waals surface area (Å²) < 4.78 is 42.1. The van der Waals surface area contributed by atoms with Crippen LogP contribution in [0, 0.1) is 30.9 Å². The van der Waals surface area contributed by atoms with Crippen LogP contribution in [-0.4, -0.2) is 128 Å². The second-order valence-electron chi connectivity index (χ2n) is 22.2. The van der Waals surface area contributed by atoms with Gasteiger partial charge in [-0.2, -0.15) is 4.98 Å². The van der Waals surface area contributed by atoms with Gasteiger partial charge >= 0.3 is 5.69 Å². The molecular formula is C59H67F2N13O7S. The van der Waals surface area contributed by atoms with Crippen LogP contribution in [0.4, 0.5) is 14.6 Å². The molecule has 7 heterocycles. The largest absolute Gasteiger partial charge is 0.486 e. The number of nitrogens with one attached hydrogen (secondary N) is 2. The van der Waals surface area contributed by atoms with Crippen molar-refractivity contribution in [2.45, 2.75) is 124 Å². The van der Waals surface area contributed by atoms with Crippen LogP contribution in [0.15, 0.2) is 90.0 Å². The summed E-state index contributed by atoms with van der Waals surface area (Å²) in [6, 6.07) is 12.5. The third-order valence-corrected chi connectivity index (χ3v) is 15.8. The van der Waals surface area contributed by atoms with Gasteiger partial charge in [0.05, 0.1) is 50.7 Å². The molecule has 0 saturated carbocycles. The van der Waals surface area contributed by atoms with E-state index in [1.807, 2.05) is 84.6 Å². The molecule has 2 aliphatic rings. The number of benzene rings is 2. The van der Waals surface area contributed by atoms with Crippen LogP contribution in [0.2, 0.25) is 0 Å². The smallest absolute Gasteiger partial charge is 0.355 e. The van der Waals surface area contributed by atoms with Gasteiger partial charge < -0.3 is 35.2 Å². The highest BCUT2D eigenvalue weighted by Gasteiger charge is 2.44. The summed E-state index contributed by atoms with van der Waals surface area (Å²) in [6.07, 6.45) is 3.91. The predicted molar refractivity (Wildman–Crippen MR) is 306 cm³/mol. The molecule has 82 heavy (non-hydrogen) atoms. The molecule has 0 radical (unpaired) electrons. The monoisotopic (exact) mass is 1140 g/mol. The highest BCUT2D eigenvalue weighted by molar-refractivity contribution is 7.13. The maximum absolute atomic E-state index is 16.9. The lowest BCUT2D eigenvalue weighted by molar-refractivity contribution is -0.144. The number of carbonyl (C=O) groups excluding carboxylic acids is 4. The van der Waals surface area contributed by atoms with E-state index in [0.717, 1.165) is 27.8 Å². The van der Waals surface area contributed by atoms with E-state index in [1.54, 1.807) is 40.2 Å². The number of hydrogen-bond acceptors (Lipinski definition) is 15. The Bertz CT molecular complexity index is 3620. The van der Waals surface area contributed by atoms with E-state index in [9.17, 15) is 29.1 Å². The first-order chi connectivity index (χ1) is 39.1. The fraction of sp³-hybridized carbons (Fsp3) is 0.407. The molecule has 2 fully saturated rings. The van der Waals surface area contributed by atoms with E-state index in [-0.39, 0.29) is 98.2 Å². The molecule has 0 aliphatic carbocycles. The Morgan fingerprint density at radius 1 is 1.00 bits per heavy atom. The Kier molecular flexibility index (Phi) is 17.4. The first-order valence-corrected chi connectivity index (χ1v) is 28.1. The number of likely N-dealkylation sites (tertiary alicyclic amines) is 1. The van der Waals surface area contributed by atoms with Gasteiger partial charge in [0.2, 0.25) is 23.6 Å². The molecular weight excluding hydrogens is 1070 g/mol. The van der Waals surface area contributed by atoms with Crippen molar-refractivity contribution in [3.63, 3.8) is 0 Å². The van der Waals surface area contributed by atoms with Crippen molar-refractivity contribution in [2.24, 2.45) is 5.41 Å².